The second-order valence-corrected chi connectivity index (χ2v) is 8.25. The average molecular weight is 393 g/mol. The van der Waals surface area contributed by atoms with Crippen LogP contribution < -0.4 is 0 Å². The highest BCUT2D eigenvalue weighted by molar-refractivity contribution is 8.45. The molecule has 0 saturated carbocycles. The van der Waals surface area contributed by atoms with E-state index in [1.807, 2.05) is 42.5 Å². The molecule has 134 valence electrons. The summed E-state index contributed by atoms with van der Waals surface area (Å²) < 4.78 is 2.36. The molecule has 0 aliphatic carbocycles. The van der Waals surface area contributed by atoms with Crippen LogP contribution in [0.2, 0.25) is 0 Å². The van der Waals surface area contributed by atoms with Gasteiger partial charge in [-0.15, -0.1) is 0 Å². The zero-order valence-corrected chi connectivity index (χ0v) is 16.2. The fourth-order valence-electron chi connectivity index (χ4n) is 2.90. The summed E-state index contributed by atoms with van der Waals surface area (Å²) >= 11 is 2.72. The number of aromatic nitrogens is 1. The van der Waals surface area contributed by atoms with E-state index in [9.17, 15) is 9.59 Å². The number of thioether (sulfide) groups is 2. The molecule has 6 heteroatoms. The van der Waals surface area contributed by atoms with Crippen molar-refractivity contribution in [3.8, 4) is 0 Å². The first-order valence-corrected chi connectivity index (χ1v) is 10.2. The standard InChI is InChI=1S/C21H16N2O2S2/c1-14(24)23-12-16(17-9-5-6-10-19(17)23)11-18-20(25)27-21(22-18)26-13-15-7-3-2-4-8-15/h2-12H,13H2,1H3. The number of hydrogen-bond donors (Lipinski definition) is 0. The number of nitrogens with zero attached hydrogens (tertiary/aromatic N) is 2. The molecule has 1 aliphatic rings. The van der Waals surface area contributed by atoms with Gasteiger partial charge in [0.15, 0.2) is 0 Å². The van der Waals surface area contributed by atoms with E-state index in [1.54, 1.807) is 28.6 Å². The Kier molecular flexibility index (Phi) is 5.01. The molecule has 0 bridgehead atoms. The van der Waals surface area contributed by atoms with Gasteiger partial charge in [-0.1, -0.05) is 60.3 Å². The molecule has 0 spiro atoms. The molecule has 4 nitrogen and oxygen atoms in total. The number of hydrogen-bond acceptors (Lipinski definition) is 5. The van der Waals surface area contributed by atoms with Crippen LogP contribution in [0, 0.1) is 0 Å². The van der Waals surface area contributed by atoms with E-state index in [-0.39, 0.29) is 11.0 Å². The Balaban J connectivity index is 1.62. The van der Waals surface area contributed by atoms with E-state index >= 15 is 0 Å². The summed E-state index contributed by atoms with van der Waals surface area (Å²) in [5.41, 5.74) is 3.27. The first kappa shape index (κ1) is 17.8. The van der Waals surface area contributed by atoms with E-state index in [4.69, 9.17) is 0 Å². The number of rotatable bonds is 3. The summed E-state index contributed by atoms with van der Waals surface area (Å²) in [4.78, 5) is 28.8. The molecule has 0 N–H and O–H groups in total. The van der Waals surface area contributed by atoms with Gasteiger partial charge in [-0.2, -0.15) is 0 Å². The predicted molar refractivity (Wildman–Crippen MR) is 114 cm³/mol. The highest BCUT2D eigenvalue weighted by Crippen LogP contribution is 2.33. The van der Waals surface area contributed by atoms with Crippen LogP contribution in [0.1, 0.15) is 22.8 Å². The second kappa shape index (κ2) is 7.58. The summed E-state index contributed by atoms with van der Waals surface area (Å²) in [5.74, 6) is 0.710. The van der Waals surface area contributed by atoms with E-state index in [0.29, 0.717) is 5.70 Å². The Morgan fingerprint density at radius 2 is 1.89 bits per heavy atom. The second-order valence-electron chi connectivity index (χ2n) is 6.06. The molecule has 2 aromatic carbocycles. The minimum atomic E-state index is -0.0646. The Morgan fingerprint density at radius 3 is 2.67 bits per heavy atom. The molecule has 4 rings (SSSR count). The minimum Gasteiger partial charge on any atom is -0.287 e. The number of aliphatic imine (C=N–C) groups is 1. The lowest BCUT2D eigenvalue weighted by Crippen LogP contribution is -2.02. The molecule has 0 radical (unpaired) electrons. The summed E-state index contributed by atoms with van der Waals surface area (Å²) in [6.45, 7) is 1.52. The van der Waals surface area contributed by atoms with Gasteiger partial charge in [0.2, 0.25) is 11.0 Å². The van der Waals surface area contributed by atoms with Crippen molar-refractivity contribution in [2.45, 2.75) is 12.7 Å². The molecule has 0 amide bonds. The largest absolute Gasteiger partial charge is 0.287 e. The normalized spacial score (nSPS) is 15.5. The van der Waals surface area contributed by atoms with Crippen LogP contribution in [0.3, 0.4) is 0 Å². The number of para-hydroxylation sites is 1. The van der Waals surface area contributed by atoms with Crippen molar-refractivity contribution >= 4 is 55.9 Å². The van der Waals surface area contributed by atoms with Crippen molar-refractivity contribution in [2.75, 3.05) is 0 Å². The van der Waals surface area contributed by atoms with Crippen molar-refractivity contribution < 1.29 is 9.59 Å². The van der Waals surface area contributed by atoms with E-state index in [2.05, 4.69) is 17.1 Å². The van der Waals surface area contributed by atoms with Crippen molar-refractivity contribution in [1.82, 2.24) is 4.57 Å². The maximum absolute atomic E-state index is 12.4. The predicted octanol–water partition coefficient (Wildman–Crippen LogP) is 5.21. The third kappa shape index (κ3) is 3.77. The van der Waals surface area contributed by atoms with Crippen molar-refractivity contribution in [1.29, 1.82) is 0 Å². The van der Waals surface area contributed by atoms with Gasteiger partial charge in [-0.25, -0.2) is 4.99 Å². The molecule has 0 atom stereocenters. The molecular formula is C21H16N2O2S2. The van der Waals surface area contributed by atoms with E-state index in [0.717, 1.165) is 38.4 Å². The van der Waals surface area contributed by atoms with E-state index < -0.39 is 0 Å². The Labute approximate surface area is 165 Å². The zero-order chi connectivity index (χ0) is 18.8. The summed E-state index contributed by atoms with van der Waals surface area (Å²) in [6.07, 6.45) is 3.54. The van der Waals surface area contributed by atoms with Crippen LogP contribution in [-0.2, 0) is 10.5 Å². The topological polar surface area (TPSA) is 51.4 Å². The van der Waals surface area contributed by atoms with Crippen molar-refractivity contribution in [3.63, 3.8) is 0 Å². The van der Waals surface area contributed by atoms with Crippen molar-refractivity contribution in [2.24, 2.45) is 4.99 Å². The molecule has 0 saturated heterocycles. The molecule has 0 unspecified atom stereocenters. The third-order valence-corrected chi connectivity index (χ3v) is 6.26. The lowest BCUT2D eigenvalue weighted by Gasteiger charge is -1.98. The molecule has 3 aromatic rings. The van der Waals surface area contributed by atoms with Gasteiger partial charge in [-0.3, -0.25) is 14.2 Å². The monoisotopic (exact) mass is 392 g/mol. The Hall–Kier alpha value is -2.57. The Bertz CT molecular complexity index is 1100. The van der Waals surface area contributed by atoms with Gasteiger partial charge in [0.1, 0.15) is 10.1 Å². The van der Waals surface area contributed by atoms with Gasteiger partial charge in [0.25, 0.3) is 0 Å². The summed E-state index contributed by atoms with van der Waals surface area (Å²) in [5, 5.41) is 0.865. The molecule has 1 aliphatic heterocycles. The number of carbonyl (C=O) groups excluding carboxylic acids is 2. The van der Waals surface area contributed by atoms with Gasteiger partial charge < -0.3 is 0 Å². The van der Waals surface area contributed by atoms with Crippen LogP contribution in [0.4, 0.5) is 0 Å². The SMILES string of the molecule is CC(=O)n1cc(C=C2N=C(SCc3ccccc3)SC2=O)c2ccccc21. The maximum atomic E-state index is 12.4. The molecule has 0 fully saturated rings. The smallest absolute Gasteiger partial charge is 0.244 e. The highest BCUT2D eigenvalue weighted by atomic mass is 32.2. The van der Waals surface area contributed by atoms with Crippen LogP contribution in [0.25, 0.3) is 17.0 Å². The van der Waals surface area contributed by atoms with Gasteiger partial charge in [0, 0.05) is 29.8 Å². The van der Waals surface area contributed by atoms with Crippen molar-refractivity contribution in [3.05, 3.63) is 77.6 Å². The maximum Gasteiger partial charge on any atom is 0.244 e. The van der Waals surface area contributed by atoms with Gasteiger partial charge in [0.05, 0.1) is 5.52 Å². The third-order valence-electron chi connectivity index (χ3n) is 4.18. The molecule has 1 aromatic heterocycles. The van der Waals surface area contributed by atoms with Crippen LogP contribution in [-0.4, -0.2) is 20.0 Å². The van der Waals surface area contributed by atoms with E-state index in [1.165, 1.54) is 12.5 Å². The first-order chi connectivity index (χ1) is 13.1. The highest BCUT2D eigenvalue weighted by Gasteiger charge is 2.23. The fraction of sp³-hybridized carbons (Fsp3) is 0.0952. The number of benzene rings is 2. The molecule has 2 heterocycles. The number of fused-ring (bicyclic) bond motifs is 1. The minimum absolute atomic E-state index is 0.0643. The van der Waals surface area contributed by atoms with Gasteiger partial charge in [-0.05, 0) is 29.5 Å². The number of carbonyl (C=O) groups is 2. The molecule has 27 heavy (non-hydrogen) atoms. The van der Waals surface area contributed by atoms with Gasteiger partial charge >= 0.3 is 0 Å². The lowest BCUT2D eigenvalue weighted by molar-refractivity contribution is -0.107. The lowest BCUT2D eigenvalue weighted by atomic mass is 10.1. The fourth-order valence-corrected chi connectivity index (χ4v) is 4.70. The average Bonchev–Trinajstić information content (AvgIpc) is 3.22. The zero-order valence-electron chi connectivity index (χ0n) is 14.6. The first-order valence-electron chi connectivity index (χ1n) is 8.42. The summed E-state index contributed by atoms with van der Waals surface area (Å²) in [6, 6.07) is 17.8. The Morgan fingerprint density at radius 1 is 1.15 bits per heavy atom. The van der Waals surface area contributed by atoms with Crippen LogP contribution in [0.5, 0.6) is 0 Å². The van der Waals surface area contributed by atoms with Crippen LogP contribution in [0.15, 0.2) is 71.5 Å². The molecular weight excluding hydrogens is 376 g/mol. The van der Waals surface area contributed by atoms with Crippen LogP contribution >= 0.6 is 23.5 Å². The quantitative estimate of drug-likeness (QED) is 0.575. The summed E-state index contributed by atoms with van der Waals surface area (Å²) in [7, 11) is 0.